The molecule has 2 rings (SSSR count). The minimum Gasteiger partial charge on any atom is -0.477 e. The molecule has 0 bridgehead atoms. The number of carbonyl (C=O) groups is 2. The van der Waals surface area contributed by atoms with Crippen LogP contribution < -0.4 is 5.32 Å². The summed E-state index contributed by atoms with van der Waals surface area (Å²) in [6.45, 7) is 5.57. The molecule has 1 amide bonds. The molecule has 0 aliphatic heterocycles. The summed E-state index contributed by atoms with van der Waals surface area (Å²) in [5.74, 6) is -0.783. The zero-order chi connectivity index (χ0) is 16.3. The predicted octanol–water partition coefficient (Wildman–Crippen LogP) is 2.27. The second kappa shape index (κ2) is 6.38. The number of nitrogens with zero attached hydrogens (tertiary/aromatic N) is 2. The average Bonchev–Trinajstić information content (AvgIpc) is 2.84. The number of carbonyl (C=O) groups excluding carboxylic acids is 1. The molecular weight excluding hydrogens is 286 g/mol. The molecule has 2 aromatic heterocycles. The molecule has 1 atom stereocenters. The van der Waals surface area contributed by atoms with Gasteiger partial charge < -0.3 is 14.9 Å². The van der Waals surface area contributed by atoms with Crippen LogP contribution in [0.3, 0.4) is 0 Å². The zero-order valence-electron chi connectivity index (χ0n) is 12.6. The molecule has 116 valence electrons. The molecule has 0 radical (unpaired) electrons. The molecule has 0 saturated carbocycles. The van der Waals surface area contributed by atoms with Gasteiger partial charge in [-0.05, 0) is 32.4 Å². The largest absolute Gasteiger partial charge is 0.477 e. The second-order valence-corrected chi connectivity index (χ2v) is 4.91. The average molecular weight is 303 g/mol. The highest BCUT2D eigenvalue weighted by Gasteiger charge is 2.21. The lowest BCUT2D eigenvalue weighted by Crippen LogP contribution is -2.29. The van der Waals surface area contributed by atoms with Gasteiger partial charge in [0.15, 0.2) is 0 Å². The lowest BCUT2D eigenvalue weighted by Gasteiger charge is -2.16. The number of rotatable bonds is 5. The first-order valence-electron chi connectivity index (χ1n) is 6.87. The van der Waals surface area contributed by atoms with E-state index in [9.17, 15) is 9.59 Å². The summed E-state index contributed by atoms with van der Waals surface area (Å²) in [4.78, 5) is 26.8. The molecule has 0 aliphatic rings. The van der Waals surface area contributed by atoms with E-state index in [4.69, 9.17) is 9.63 Å². The van der Waals surface area contributed by atoms with Crippen LogP contribution in [0.25, 0.3) is 0 Å². The van der Waals surface area contributed by atoms with Crippen LogP contribution in [0.2, 0.25) is 0 Å². The Balaban J connectivity index is 2.17. The molecule has 0 aromatic carbocycles. The number of aromatic nitrogens is 2. The van der Waals surface area contributed by atoms with Crippen LogP contribution in [0.1, 0.15) is 57.3 Å². The summed E-state index contributed by atoms with van der Waals surface area (Å²) in [5, 5.41) is 15.6. The minimum atomic E-state index is -1.13. The van der Waals surface area contributed by atoms with Crippen LogP contribution >= 0.6 is 0 Å². The maximum Gasteiger partial charge on any atom is 0.354 e. The number of carboxylic acids is 1. The Kier molecular flexibility index (Phi) is 4.55. The van der Waals surface area contributed by atoms with Gasteiger partial charge in [-0.1, -0.05) is 12.1 Å². The van der Waals surface area contributed by atoms with Gasteiger partial charge in [0.25, 0.3) is 5.91 Å². The number of carboxylic acid groups (broad SMARTS) is 1. The van der Waals surface area contributed by atoms with Crippen molar-refractivity contribution in [3.05, 3.63) is 46.6 Å². The first-order chi connectivity index (χ1) is 10.4. The quantitative estimate of drug-likeness (QED) is 0.877. The number of amides is 1. The highest BCUT2D eigenvalue weighted by molar-refractivity contribution is 5.95. The van der Waals surface area contributed by atoms with Crippen molar-refractivity contribution in [2.75, 3.05) is 0 Å². The number of aryl methyl sites for hydroxylation is 2. The summed E-state index contributed by atoms with van der Waals surface area (Å²) in [5.41, 5.74) is 1.81. The number of nitrogens with one attached hydrogen (secondary N) is 1. The fraction of sp³-hybridized carbons (Fsp3) is 0.333. The highest BCUT2D eigenvalue weighted by Crippen LogP contribution is 2.24. The molecule has 7 nitrogen and oxygen atoms in total. The van der Waals surface area contributed by atoms with E-state index in [0.29, 0.717) is 17.7 Å². The van der Waals surface area contributed by atoms with Crippen LogP contribution in [0.15, 0.2) is 22.9 Å². The molecule has 0 fully saturated rings. The van der Waals surface area contributed by atoms with Crippen molar-refractivity contribution in [1.29, 1.82) is 0 Å². The standard InChI is InChI=1S/C15H17N3O4/c1-4-11(13-8(2)18-22-9(13)3)17-14(19)10-5-6-12(15(20)21)16-7-10/h5-7,11H,4H2,1-3H3,(H,17,19)(H,20,21). The Hall–Kier alpha value is -2.70. The van der Waals surface area contributed by atoms with Crippen molar-refractivity contribution >= 4 is 11.9 Å². The fourth-order valence-corrected chi connectivity index (χ4v) is 2.26. The number of aromatic carboxylic acids is 1. The maximum atomic E-state index is 12.3. The van der Waals surface area contributed by atoms with Gasteiger partial charge >= 0.3 is 5.97 Å². The first-order valence-corrected chi connectivity index (χ1v) is 6.87. The van der Waals surface area contributed by atoms with E-state index in [0.717, 1.165) is 11.3 Å². The number of hydrogen-bond acceptors (Lipinski definition) is 5. The van der Waals surface area contributed by atoms with Crippen LogP contribution in [0, 0.1) is 13.8 Å². The Morgan fingerprint density at radius 3 is 2.55 bits per heavy atom. The van der Waals surface area contributed by atoms with Crippen LogP contribution in [-0.4, -0.2) is 27.1 Å². The molecule has 0 aliphatic carbocycles. The molecule has 2 aromatic rings. The van der Waals surface area contributed by atoms with E-state index in [1.165, 1.54) is 18.3 Å². The van der Waals surface area contributed by atoms with Crippen molar-refractivity contribution in [2.45, 2.75) is 33.2 Å². The summed E-state index contributed by atoms with van der Waals surface area (Å²) >= 11 is 0. The fourth-order valence-electron chi connectivity index (χ4n) is 2.26. The van der Waals surface area contributed by atoms with Crippen molar-refractivity contribution in [1.82, 2.24) is 15.5 Å². The normalized spacial score (nSPS) is 12.0. The molecule has 1 unspecified atom stereocenters. The summed E-state index contributed by atoms with van der Waals surface area (Å²) in [6.07, 6.45) is 1.92. The SMILES string of the molecule is CCC(NC(=O)c1ccc(C(=O)O)nc1)c1c(C)noc1C. The molecule has 7 heteroatoms. The molecule has 2 N–H and O–H groups in total. The molecule has 0 spiro atoms. The number of hydrogen-bond donors (Lipinski definition) is 2. The third-order valence-corrected chi connectivity index (χ3v) is 3.40. The third kappa shape index (κ3) is 3.13. The van der Waals surface area contributed by atoms with Gasteiger partial charge in [0, 0.05) is 11.8 Å². The molecule has 2 heterocycles. The van der Waals surface area contributed by atoms with Gasteiger partial charge in [-0.3, -0.25) is 4.79 Å². The van der Waals surface area contributed by atoms with Gasteiger partial charge in [0.1, 0.15) is 11.5 Å². The minimum absolute atomic E-state index is 0.102. The summed E-state index contributed by atoms with van der Waals surface area (Å²) in [6, 6.07) is 2.51. The van der Waals surface area contributed by atoms with Crippen molar-refractivity contribution in [2.24, 2.45) is 0 Å². The van der Waals surface area contributed by atoms with E-state index in [1.807, 2.05) is 13.8 Å². The van der Waals surface area contributed by atoms with Crippen molar-refractivity contribution < 1.29 is 19.2 Å². The van der Waals surface area contributed by atoms with Crippen LogP contribution in [0.5, 0.6) is 0 Å². The Bertz CT molecular complexity index is 672. The lowest BCUT2D eigenvalue weighted by atomic mass is 10.0. The van der Waals surface area contributed by atoms with Gasteiger partial charge in [0.05, 0.1) is 17.3 Å². The third-order valence-electron chi connectivity index (χ3n) is 3.40. The van der Waals surface area contributed by atoms with Gasteiger partial charge in [-0.2, -0.15) is 0 Å². The highest BCUT2D eigenvalue weighted by atomic mass is 16.5. The van der Waals surface area contributed by atoms with Crippen molar-refractivity contribution in [3.63, 3.8) is 0 Å². The van der Waals surface area contributed by atoms with E-state index in [1.54, 1.807) is 6.92 Å². The van der Waals surface area contributed by atoms with Crippen LogP contribution in [0.4, 0.5) is 0 Å². The van der Waals surface area contributed by atoms with E-state index in [-0.39, 0.29) is 17.6 Å². The monoisotopic (exact) mass is 303 g/mol. The van der Waals surface area contributed by atoms with Gasteiger partial charge in [0.2, 0.25) is 0 Å². The summed E-state index contributed by atoms with van der Waals surface area (Å²) in [7, 11) is 0. The topological polar surface area (TPSA) is 105 Å². The molecular formula is C15H17N3O4. The lowest BCUT2D eigenvalue weighted by molar-refractivity contribution is 0.0689. The maximum absolute atomic E-state index is 12.3. The van der Waals surface area contributed by atoms with E-state index >= 15 is 0 Å². The molecule has 0 saturated heterocycles. The van der Waals surface area contributed by atoms with Gasteiger partial charge in [-0.15, -0.1) is 0 Å². The first kappa shape index (κ1) is 15.7. The van der Waals surface area contributed by atoms with Crippen molar-refractivity contribution in [3.8, 4) is 0 Å². The molecule has 22 heavy (non-hydrogen) atoms. The smallest absolute Gasteiger partial charge is 0.354 e. The Morgan fingerprint density at radius 1 is 1.36 bits per heavy atom. The predicted molar refractivity (Wildman–Crippen MR) is 77.7 cm³/mol. The number of pyridine rings is 1. The van der Waals surface area contributed by atoms with Crippen LogP contribution in [-0.2, 0) is 0 Å². The zero-order valence-corrected chi connectivity index (χ0v) is 12.6. The Morgan fingerprint density at radius 2 is 2.09 bits per heavy atom. The summed E-state index contributed by atoms with van der Waals surface area (Å²) < 4.78 is 5.13. The Labute approximate surface area is 127 Å². The van der Waals surface area contributed by atoms with E-state index < -0.39 is 5.97 Å². The second-order valence-electron chi connectivity index (χ2n) is 4.91. The van der Waals surface area contributed by atoms with Gasteiger partial charge in [-0.25, -0.2) is 9.78 Å². The van der Waals surface area contributed by atoms with E-state index in [2.05, 4.69) is 15.5 Å².